The molecule has 0 bridgehead atoms. The van der Waals surface area contributed by atoms with Crippen molar-refractivity contribution in [2.75, 3.05) is 25.2 Å². The summed E-state index contributed by atoms with van der Waals surface area (Å²) in [5.41, 5.74) is 4.92. The molecule has 0 spiro atoms. The average molecular weight is 450 g/mol. The number of para-hydroxylation sites is 1. The van der Waals surface area contributed by atoms with E-state index in [4.69, 9.17) is 4.74 Å². The Morgan fingerprint density at radius 2 is 2.12 bits per heavy atom. The molecule has 4 aromatic rings. The number of nitrogens with one attached hydrogen (secondary N) is 3. The van der Waals surface area contributed by atoms with E-state index in [1.807, 2.05) is 12.3 Å². The molecule has 8 nitrogen and oxygen atoms in total. The quantitative estimate of drug-likeness (QED) is 0.313. The third kappa shape index (κ3) is 3.32. The normalized spacial score (nSPS) is 13.0. The molecule has 162 valence electrons. The number of aromatic amines is 1. The zero-order valence-electron chi connectivity index (χ0n) is 17.3. The molecule has 10 heteroatoms. The second kappa shape index (κ2) is 8.12. The molecular weight excluding hydrogens is 431 g/mol. The first kappa shape index (κ1) is 20.3. The highest BCUT2D eigenvalue weighted by Gasteiger charge is 2.28. The van der Waals surface area contributed by atoms with Crippen LogP contribution in [0, 0.1) is 5.82 Å². The lowest BCUT2D eigenvalue weighted by Crippen LogP contribution is -2.31. The number of aromatic nitrogens is 4. The molecule has 0 saturated carbocycles. The Morgan fingerprint density at radius 1 is 1.25 bits per heavy atom. The van der Waals surface area contributed by atoms with E-state index in [0.29, 0.717) is 51.8 Å². The van der Waals surface area contributed by atoms with E-state index in [9.17, 15) is 9.18 Å². The van der Waals surface area contributed by atoms with Crippen LogP contribution >= 0.6 is 11.8 Å². The highest BCUT2D eigenvalue weighted by atomic mass is 32.2. The fourth-order valence-electron chi connectivity index (χ4n) is 3.88. The number of hydrogen-bond acceptors (Lipinski definition) is 7. The molecule has 0 unspecified atom stereocenters. The fraction of sp³-hybridized carbons (Fsp3) is 0.182. The Bertz CT molecular complexity index is 1360. The van der Waals surface area contributed by atoms with Gasteiger partial charge in [-0.3, -0.25) is 9.78 Å². The Hall–Kier alpha value is -3.66. The number of nitrogens with zero attached hydrogens (tertiary/aromatic N) is 3. The van der Waals surface area contributed by atoms with E-state index in [1.54, 1.807) is 24.5 Å². The SMILES string of the molecule is COc1c(F)cccc1Nc1c(-c2ccnc3cnc(SC)nc23)[nH]c2c1C(=O)NCC2. The zero-order chi connectivity index (χ0) is 22.2. The van der Waals surface area contributed by atoms with Crippen molar-refractivity contribution in [1.82, 2.24) is 25.3 Å². The van der Waals surface area contributed by atoms with Crippen LogP contribution in [0.4, 0.5) is 15.8 Å². The number of thioether (sulfide) groups is 1. The van der Waals surface area contributed by atoms with Crippen molar-refractivity contribution in [3.8, 4) is 17.0 Å². The van der Waals surface area contributed by atoms with Gasteiger partial charge in [-0.05, 0) is 24.5 Å². The predicted molar refractivity (Wildman–Crippen MR) is 121 cm³/mol. The number of benzene rings is 1. The minimum atomic E-state index is -0.500. The number of H-pyrrole nitrogens is 1. The maximum atomic E-state index is 14.3. The average Bonchev–Trinajstić information content (AvgIpc) is 3.17. The van der Waals surface area contributed by atoms with Gasteiger partial charge in [-0.1, -0.05) is 17.8 Å². The van der Waals surface area contributed by atoms with Crippen molar-refractivity contribution in [3.05, 3.63) is 53.7 Å². The minimum absolute atomic E-state index is 0.0659. The van der Waals surface area contributed by atoms with Crippen LogP contribution in [-0.4, -0.2) is 45.8 Å². The zero-order valence-corrected chi connectivity index (χ0v) is 18.1. The first-order valence-electron chi connectivity index (χ1n) is 9.89. The van der Waals surface area contributed by atoms with E-state index in [0.717, 1.165) is 11.3 Å². The number of methoxy groups -OCH3 is 1. The van der Waals surface area contributed by atoms with Crippen LogP contribution in [-0.2, 0) is 6.42 Å². The van der Waals surface area contributed by atoms with Crippen LogP contribution in [0.25, 0.3) is 22.3 Å². The number of pyridine rings is 1. The van der Waals surface area contributed by atoms with E-state index in [1.165, 1.54) is 24.9 Å². The molecule has 0 radical (unpaired) electrons. The summed E-state index contributed by atoms with van der Waals surface area (Å²) in [6.45, 7) is 0.532. The third-order valence-corrected chi connectivity index (χ3v) is 5.87. The first-order valence-corrected chi connectivity index (χ1v) is 11.1. The van der Waals surface area contributed by atoms with Crippen molar-refractivity contribution >= 4 is 40.1 Å². The van der Waals surface area contributed by atoms with Gasteiger partial charge in [-0.25, -0.2) is 14.4 Å². The number of carbonyl (C=O) groups excluding carboxylic acids is 1. The maximum absolute atomic E-state index is 14.3. The minimum Gasteiger partial charge on any atom is -0.492 e. The summed E-state index contributed by atoms with van der Waals surface area (Å²) in [5, 5.41) is 6.73. The molecule has 0 aliphatic carbocycles. The molecule has 3 N–H and O–H groups in total. The van der Waals surface area contributed by atoms with Crippen molar-refractivity contribution in [3.63, 3.8) is 0 Å². The lowest BCUT2D eigenvalue weighted by molar-refractivity contribution is 0.0947. The second-order valence-electron chi connectivity index (χ2n) is 7.13. The predicted octanol–water partition coefficient (Wildman–Crippen LogP) is 3.92. The summed E-state index contributed by atoms with van der Waals surface area (Å²) in [6, 6.07) is 6.44. The molecule has 32 heavy (non-hydrogen) atoms. The van der Waals surface area contributed by atoms with Crippen LogP contribution in [0.1, 0.15) is 16.1 Å². The number of ether oxygens (including phenoxy) is 1. The highest BCUT2D eigenvalue weighted by molar-refractivity contribution is 7.98. The molecule has 1 aromatic carbocycles. The van der Waals surface area contributed by atoms with Crippen LogP contribution in [0.5, 0.6) is 5.75 Å². The smallest absolute Gasteiger partial charge is 0.255 e. The molecule has 5 rings (SSSR count). The molecule has 3 aromatic heterocycles. The van der Waals surface area contributed by atoms with Gasteiger partial charge in [-0.15, -0.1) is 0 Å². The molecule has 1 aliphatic rings. The molecule has 1 amide bonds. The summed E-state index contributed by atoms with van der Waals surface area (Å²) >= 11 is 1.43. The molecular formula is C22H19FN6O2S. The highest BCUT2D eigenvalue weighted by Crippen LogP contribution is 2.40. The van der Waals surface area contributed by atoms with Crippen molar-refractivity contribution < 1.29 is 13.9 Å². The lowest BCUT2D eigenvalue weighted by Gasteiger charge is -2.16. The number of anilines is 2. The topological polar surface area (TPSA) is 105 Å². The van der Waals surface area contributed by atoms with E-state index < -0.39 is 5.82 Å². The van der Waals surface area contributed by atoms with Gasteiger partial charge in [-0.2, -0.15) is 0 Å². The number of carbonyl (C=O) groups is 1. The van der Waals surface area contributed by atoms with Gasteiger partial charge in [0, 0.05) is 30.4 Å². The number of rotatable bonds is 5. The summed E-state index contributed by atoms with van der Waals surface area (Å²) in [5.74, 6) is -0.639. The lowest BCUT2D eigenvalue weighted by atomic mass is 10.0. The fourth-order valence-corrected chi connectivity index (χ4v) is 4.22. The molecule has 0 saturated heterocycles. The largest absolute Gasteiger partial charge is 0.492 e. The Kier molecular flexibility index (Phi) is 5.14. The number of amides is 1. The van der Waals surface area contributed by atoms with Crippen LogP contribution < -0.4 is 15.4 Å². The van der Waals surface area contributed by atoms with Crippen LogP contribution in [0.2, 0.25) is 0 Å². The summed E-state index contributed by atoms with van der Waals surface area (Å²) in [7, 11) is 1.40. The van der Waals surface area contributed by atoms with Gasteiger partial charge >= 0.3 is 0 Å². The van der Waals surface area contributed by atoms with Gasteiger partial charge in [0.1, 0.15) is 11.0 Å². The van der Waals surface area contributed by atoms with Crippen molar-refractivity contribution in [2.24, 2.45) is 0 Å². The number of halogens is 1. The van der Waals surface area contributed by atoms with E-state index >= 15 is 0 Å². The molecule has 1 aliphatic heterocycles. The van der Waals surface area contributed by atoms with E-state index in [-0.39, 0.29) is 11.7 Å². The maximum Gasteiger partial charge on any atom is 0.255 e. The Balaban J connectivity index is 1.76. The second-order valence-corrected chi connectivity index (χ2v) is 7.90. The van der Waals surface area contributed by atoms with Gasteiger partial charge < -0.3 is 20.4 Å². The first-order chi connectivity index (χ1) is 15.6. The number of fused-ring (bicyclic) bond motifs is 2. The van der Waals surface area contributed by atoms with Crippen LogP contribution in [0.3, 0.4) is 0 Å². The summed E-state index contributed by atoms with van der Waals surface area (Å²) in [4.78, 5) is 29.5. The van der Waals surface area contributed by atoms with Gasteiger partial charge in [0.15, 0.2) is 16.7 Å². The summed E-state index contributed by atoms with van der Waals surface area (Å²) in [6.07, 6.45) is 5.89. The number of hydrogen-bond donors (Lipinski definition) is 3. The molecule has 4 heterocycles. The molecule has 0 fully saturated rings. The van der Waals surface area contributed by atoms with Gasteiger partial charge in [0.2, 0.25) is 0 Å². The van der Waals surface area contributed by atoms with Crippen LogP contribution in [0.15, 0.2) is 41.8 Å². The standard InChI is InChI=1S/C22H19FN6O2S/c1-31-20-12(23)4-3-5-14(20)28-19-16-13(7-9-25-21(16)30)27-18(19)11-6-8-24-15-10-26-22(32-2)29-17(11)15/h3-6,8,10,27-28H,7,9H2,1-2H3,(H,25,30). The van der Waals surface area contributed by atoms with Crippen molar-refractivity contribution in [2.45, 2.75) is 11.6 Å². The van der Waals surface area contributed by atoms with Gasteiger partial charge in [0.25, 0.3) is 5.91 Å². The Morgan fingerprint density at radius 3 is 2.94 bits per heavy atom. The Labute approximate surface area is 187 Å². The monoisotopic (exact) mass is 450 g/mol. The third-order valence-electron chi connectivity index (χ3n) is 5.31. The van der Waals surface area contributed by atoms with E-state index in [2.05, 4.69) is 30.6 Å². The summed E-state index contributed by atoms with van der Waals surface area (Å²) < 4.78 is 19.6. The van der Waals surface area contributed by atoms with Crippen molar-refractivity contribution in [1.29, 1.82) is 0 Å². The molecule has 0 atom stereocenters. The van der Waals surface area contributed by atoms with Gasteiger partial charge in [0.05, 0.1) is 35.9 Å².